The maximum atomic E-state index is 10.9. The van der Waals surface area contributed by atoms with Crippen LogP contribution in [0.3, 0.4) is 0 Å². The van der Waals surface area contributed by atoms with Crippen LogP contribution in [0.4, 0.5) is 0 Å². The SMILES string of the molecule is CC(=O)N1CCNC(CO)C1. The summed E-state index contributed by atoms with van der Waals surface area (Å²) in [6.45, 7) is 3.83. The van der Waals surface area contributed by atoms with Crippen LogP contribution in [0.2, 0.25) is 0 Å². The lowest BCUT2D eigenvalue weighted by Gasteiger charge is -2.31. The van der Waals surface area contributed by atoms with Gasteiger partial charge in [-0.05, 0) is 0 Å². The average molecular weight is 158 g/mol. The maximum Gasteiger partial charge on any atom is 0.219 e. The molecule has 1 saturated heterocycles. The molecule has 0 spiro atoms. The van der Waals surface area contributed by atoms with E-state index >= 15 is 0 Å². The van der Waals surface area contributed by atoms with Crippen LogP contribution >= 0.6 is 0 Å². The van der Waals surface area contributed by atoms with Gasteiger partial charge in [-0.25, -0.2) is 0 Å². The van der Waals surface area contributed by atoms with Gasteiger partial charge in [0, 0.05) is 32.6 Å². The van der Waals surface area contributed by atoms with Crippen molar-refractivity contribution in [2.45, 2.75) is 13.0 Å². The number of nitrogens with zero attached hydrogens (tertiary/aromatic N) is 1. The molecule has 1 heterocycles. The second kappa shape index (κ2) is 3.69. The lowest BCUT2D eigenvalue weighted by atomic mass is 10.2. The van der Waals surface area contributed by atoms with Crippen molar-refractivity contribution < 1.29 is 9.90 Å². The summed E-state index contributed by atoms with van der Waals surface area (Å²) in [5.74, 6) is 0.0879. The fraction of sp³-hybridized carbons (Fsp3) is 0.857. The first-order chi connectivity index (χ1) is 5.24. The van der Waals surface area contributed by atoms with Gasteiger partial charge in [0.15, 0.2) is 0 Å². The number of nitrogens with one attached hydrogen (secondary N) is 1. The van der Waals surface area contributed by atoms with Gasteiger partial charge in [0.05, 0.1) is 6.61 Å². The zero-order valence-corrected chi connectivity index (χ0v) is 6.71. The van der Waals surface area contributed by atoms with E-state index in [9.17, 15) is 4.79 Å². The molecule has 1 fully saturated rings. The number of aliphatic hydroxyl groups excluding tert-OH is 1. The van der Waals surface area contributed by atoms with Crippen LogP contribution in [0.1, 0.15) is 6.92 Å². The van der Waals surface area contributed by atoms with Gasteiger partial charge in [0.2, 0.25) is 5.91 Å². The molecule has 0 aromatic rings. The number of piperazine rings is 1. The number of hydrogen-bond acceptors (Lipinski definition) is 3. The Morgan fingerprint density at radius 3 is 3.09 bits per heavy atom. The van der Waals surface area contributed by atoms with Gasteiger partial charge < -0.3 is 15.3 Å². The number of amides is 1. The normalized spacial score (nSPS) is 25.3. The van der Waals surface area contributed by atoms with Gasteiger partial charge in [-0.3, -0.25) is 4.79 Å². The number of carbonyl (C=O) groups excluding carboxylic acids is 1. The highest BCUT2D eigenvalue weighted by Gasteiger charge is 2.19. The van der Waals surface area contributed by atoms with Crippen LogP contribution in [0, 0.1) is 0 Å². The third kappa shape index (κ3) is 2.17. The molecule has 1 rings (SSSR count). The van der Waals surface area contributed by atoms with E-state index in [-0.39, 0.29) is 18.6 Å². The fourth-order valence-corrected chi connectivity index (χ4v) is 1.23. The van der Waals surface area contributed by atoms with E-state index in [1.54, 1.807) is 11.8 Å². The molecule has 1 amide bonds. The van der Waals surface area contributed by atoms with Gasteiger partial charge >= 0.3 is 0 Å². The van der Waals surface area contributed by atoms with Crippen LogP contribution in [-0.2, 0) is 4.79 Å². The predicted octanol–water partition coefficient (Wildman–Crippen LogP) is -1.20. The quantitative estimate of drug-likeness (QED) is 0.504. The monoisotopic (exact) mass is 158 g/mol. The fourth-order valence-electron chi connectivity index (χ4n) is 1.23. The first-order valence-electron chi connectivity index (χ1n) is 3.84. The first kappa shape index (κ1) is 8.49. The molecule has 1 unspecified atom stereocenters. The molecular formula is C7H14N2O2. The van der Waals surface area contributed by atoms with E-state index in [4.69, 9.17) is 5.11 Å². The molecule has 1 atom stereocenters. The van der Waals surface area contributed by atoms with E-state index in [1.807, 2.05) is 0 Å². The Kier molecular flexibility index (Phi) is 2.84. The molecule has 11 heavy (non-hydrogen) atoms. The Balaban J connectivity index is 2.39. The molecule has 4 heteroatoms. The molecule has 0 aliphatic carbocycles. The van der Waals surface area contributed by atoms with Gasteiger partial charge in [-0.1, -0.05) is 0 Å². The second-order valence-corrected chi connectivity index (χ2v) is 2.80. The predicted molar refractivity (Wildman–Crippen MR) is 41.1 cm³/mol. The molecular weight excluding hydrogens is 144 g/mol. The van der Waals surface area contributed by atoms with Crippen molar-refractivity contribution in [3.05, 3.63) is 0 Å². The Hall–Kier alpha value is -0.610. The van der Waals surface area contributed by atoms with Crippen LogP contribution in [0.5, 0.6) is 0 Å². The molecule has 0 aromatic heterocycles. The first-order valence-corrected chi connectivity index (χ1v) is 3.84. The lowest BCUT2D eigenvalue weighted by molar-refractivity contribution is -0.130. The van der Waals surface area contributed by atoms with Gasteiger partial charge in [-0.2, -0.15) is 0 Å². The highest BCUT2D eigenvalue weighted by Crippen LogP contribution is 1.98. The van der Waals surface area contributed by atoms with E-state index in [1.165, 1.54) is 0 Å². The Morgan fingerprint density at radius 1 is 1.82 bits per heavy atom. The minimum absolute atomic E-state index is 0.0626. The van der Waals surface area contributed by atoms with E-state index in [0.717, 1.165) is 13.1 Å². The molecule has 0 saturated carbocycles. The Bertz CT molecular complexity index is 149. The van der Waals surface area contributed by atoms with Crippen molar-refractivity contribution in [2.75, 3.05) is 26.2 Å². The average Bonchev–Trinajstić information content (AvgIpc) is 2.05. The molecule has 1 aliphatic rings. The topological polar surface area (TPSA) is 52.6 Å². The largest absolute Gasteiger partial charge is 0.395 e. The third-order valence-corrected chi connectivity index (χ3v) is 1.92. The molecule has 2 N–H and O–H groups in total. The molecule has 0 aromatic carbocycles. The standard InChI is InChI=1S/C7H14N2O2/c1-6(11)9-3-2-8-7(4-9)5-10/h7-8,10H,2-5H2,1H3. The Labute approximate surface area is 66.2 Å². The summed E-state index contributed by atoms with van der Waals surface area (Å²) in [6, 6.07) is 0.0626. The van der Waals surface area contributed by atoms with Gasteiger partial charge in [-0.15, -0.1) is 0 Å². The minimum atomic E-state index is 0.0626. The maximum absolute atomic E-state index is 10.9. The van der Waals surface area contributed by atoms with Crippen molar-refractivity contribution >= 4 is 5.91 Å². The van der Waals surface area contributed by atoms with E-state index in [2.05, 4.69) is 5.32 Å². The summed E-state index contributed by atoms with van der Waals surface area (Å²) in [7, 11) is 0. The number of hydrogen-bond donors (Lipinski definition) is 2. The van der Waals surface area contributed by atoms with Crippen LogP contribution in [0.15, 0.2) is 0 Å². The Morgan fingerprint density at radius 2 is 2.55 bits per heavy atom. The summed E-state index contributed by atoms with van der Waals surface area (Å²) in [6.07, 6.45) is 0. The third-order valence-electron chi connectivity index (χ3n) is 1.92. The van der Waals surface area contributed by atoms with Crippen molar-refractivity contribution in [1.29, 1.82) is 0 Å². The van der Waals surface area contributed by atoms with Crippen molar-refractivity contribution in [1.82, 2.24) is 10.2 Å². The molecule has 0 radical (unpaired) electrons. The van der Waals surface area contributed by atoms with Gasteiger partial charge in [0.1, 0.15) is 0 Å². The minimum Gasteiger partial charge on any atom is -0.395 e. The smallest absolute Gasteiger partial charge is 0.219 e. The molecule has 0 bridgehead atoms. The van der Waals surface area contributed by atoms with Crippen LogP contribution in [0.25, 0.3) is 0 Å². The number of aliphatic hydroxyl groups is 1. The summed E-state index contributed by atoms with van der Waals surface area (Å²) >= 11 is 0. The summed E-state index contributed by atoms with van der Waals surface area (Å²) in [5.41, 5.74) is 0. The summed E-state index contributed by atoms with van der Waals surface area (Å²) in [5, 5.41) is 11.9. The van der Waals surface area contributed by atoms with E-state index < -0.39 is 0 Å². The lowest BCUT2D eigenvalue weighted by Crippen LogP contribution is -2.53. The van der Waals surface area contributed by atoms with Gasteiger partial charge in [0.25, 0.3) is 0 Å². The highest BCUT2D eigenvalue weighted by atomic mass is 16.3. The summed E-state index contributed by atoms with van der Waals surface area (Å²) < 4.78 is 0. The van der Waals surface area contributed by atoms with Crippen molar-refractivity contribution in [3.8, 4) is 0 Å². The second-order valence-electron chi connectivity index (χ2n) is 2.80. The summed E-state index contributed by atoms with van der Waals surface area (Å²) in [4.78, 5) is 12.6. The van der Waals surface area contributed by atoms with Crippen molar-refractivity contribution in [2.24, 2.45) is 0 Å². The molecule has 4 nitrogen and oxygen atoms in total. The van der Waals surface area contributed by atoms with E-state index in [0.29, 0.717) is 6.54 Å². The van der Waals surface area contributed by atoms with Crippen LogP contribution in [-0.4, -0.2) is 48.2 Å². The molecule has 64 valence electrons. The van der Waals surface area contributed by atoms with Crippen LogP contribution < -0.4 is 5.32 Å². The number of rotatable bonds is 1. The molecule has 1 aliphatic heterocycles. The van der Waals surface area contributed by atoms with Crippen molar-refractivity contribution in [3.63, 3.8) is 0 Å². The zero-order valence-electron chi connectivity index (χ0n) is 6.71. The number of carbonyl (C=O) groups is 1. The highest BCUT2D eigenvalue weighted by molar-refractivity contribution is 5.73. The zero-order chi connectivity index (χ0) is 8.27.